The van der Waals surface area contributed by atoms with E-state index in [1.54, 1.807) is 0 Å². The molecule has 0 aliphatic carbocycles. The number of carboxylic acids is 1. The molecule has 0 aromatic heterocycles. The van der Waals surface area contributed by atoms with Crippen LogP contribution in [0.5, 0.6) is 0 Å². The van der Waals surface area contributed by atoms with Crippen LogP contribution in [0.3, 0.4) is 0 Å². The maximum Gasteiger partial charge on any atom is 0.319 e. The molecule has 1 aromatic rings. The third-order valence-corrected chi connectivity index (χ3v) is 2.78. The lowest BCUT2D eigenvalue weighted by atomic mass is 10.2. The van der Waals surface area contributed by atoms with Gasteiger partial charge in [-0.05, 0) is 59.7 Å². The fourth-order valence-corrected chi connectivity index (χ4v) is 2.25. The minimum absolute atomic E-state index is 0.0582. The zero-order valence-corrected chi connectivity index (χ0v) is 12.2. The number of carboxylic acid groups (broad SMARTS) is 1. The molecule has 0 spiro atoms. The highest BCUT2D eigenvalue weighted by Gasteiger charge is 2.03. The van der Waals surface area contributed by atoms with Crippen LogP contribution in [-0.4, -0.2) is 23.7 Å². The maximum atomic E-state index is 11.5. The van der Waals surface area contributed by atoms with Gasteiger partial charge in [0.1, 0.15) is 0 Å². The summed E-state index contributed by atoms with van der Waals surface area (Å²) in [4.78, 5) is 21.8. The Kier molecular flexibility index (Phi) is 5.90. The van der Waals surface area contributed by atoms with Crippen molar-refractivity contribution in [2.45, 2.75) is 19.8 Å². The number of amides is 2. The van der Waals surface area contributed by atoms with Crippen molar-refractivity contribution in [1.29, 1.82) is 0 Å². The van der Waals surface area contributed by atoms with E-state index in [2.05, 4.69) is 33.2 Å². The van der Waals surface area contributed by atoms with E-state index in [1.807, 2.05) is 25.1 Å². The molecule has 0 unspecified atom stereocenters. The number of aliphatic carboxylic acids is 1. The number of hydrogen-bond acceptors (Lipinski definition) is 2. The summed E-state index contributed by atoms with van der Waals surface area (Å²) in [5, 5.41) is 13.8. The molecule has 0 radical (unpaired) electrons. The van der Waals surface area contributed by atoms with E-state index in [0.717, 1.165) is 14.8 Å². The van der Waals surface area contributed by atoms with Crippen LogP contribution in [-0.2, 0) is 4.79 Å². The highest BCUT2D eigenvalue weighted by molar-refractivity contribution is 14.1. The standard InChI is InChI=1S/C12H15IN2O3/c1-8-5-9(13)7-10(6-8)15-12(18)14-4-2-3-11(16)17/h5-7H,2-4H2,1H3,(H,16,17)(H2,14,15,18). The van der Waals surface area contributed by atoms with Gasteiger partial charge in [0.25, 0.3) is 0 Å². The number of benzene rings is 1. The molecule has 0 aliphatic rings. The molecule has 98 valence electrons. The summed E-state index contributed by atoms with van der Waals surface area (Å²) in [7, 11) is 0. The molecule has 0 bridgehead atoms. The highest BCUT2D eigenvalue weighted by atomic mass is 127. The van der Waals surface area contributed by atoms with Crippen LogP contribution < -0.4 is 10.6 Å². The third-order valence-electron chi connectivity index (χ3n) is 2.15. The number of halogens is 1. The highest BCUT2D eigenvalue weighted by Crippen LogP contribution is 2.15. The molecule has 5 nitrogen and oxygen atoms in total. The van der Waals surface area contributed by atoms with Crippen molar-refractivity contribution in [3.63, 3.8) is 0 Å². The molecule has 0 heterocycles. The molecule has 1 rings (SSSR count). The van der Waals surface area contributed by atoms with Gasteiger partial charge in [0.15, 0.2) is 0 Å². The number of urea groups is 1. The van der Waals surface area contributed by atoms with Crippen LogP contribution in [0.25, 0.3) is 0 Å². The summed E-state index contributed by atoms with van der Waals surface area (Å²) in [6.45, 7) is 2.30. The smallest absolute Gasteiger partial charge is 0.319 e. The molecule has 0 aliphatic heterocycles. The van der Waals surface area contributed by atoms with Crippen molar-refractivity contribution in [1.82, 2.24) is 5.32 Å². The molecule has 0 saturated heterocycles. The topological polar surface area (TPSA) is 78.4 Å². The fourth-order valence-electron chi connectivity index (χ4n) is 1.43. The summed E-state index contributed by atoms with van der Waals surface area (Å²) in [5.74, 6) is -0.856. The van der Waals surface area contributed by atoms with Gasteiger partial charge in [-0.1, -0.05) is 0 Å². The normalized spacial score (nSPS) is 9.89. The average molecular weight is 362 g/mol. The van der Waals surface area contributed by atoms with Crippen LogP contribution in [0.4, 0.5) is 10.5 Å². The number of anilines is 1. The van der Waals surface area contributed by atoms with Gasteiger partial charge in [0.05, 0.1) is 0 Å². The van der Waals surface area contributed by atoms with Gasteiger partial charge in [-0.25, -0.2) is 4.79 Å². The summed E-state index contributed by atoms with van der Waals surface area (Å²) in [6.07, 6.45) is 0.483. The molecule has 0 atom stereocenters. The summed E-state index contributed by atoms with van der Waals surface area (Å²) < 4.78 is 1.05. The van der Waals surface area contributed by atoms with Crippen LogP contribution in [0, 0.1) is 10.5 Å². The van der Waals surface area contributed by atoms with Gasteiger partial charge in [-0.15, -0.1) is 0 Å². The molecule has 1 aromatic carbocycles. The van der Waals surface area contributed by atoms with Crippen molar-refractivity contribution >= 4 is 40.3 Å². The molecule has 2 amide bonds. The van der Waals surface area contributed by atoms with Crippen LogP contribution in [0.2, 0.25) is 0 Å². The first-order valence-corrected chi connectivity index (χ1v) is 6.59. The van der Waals surface area contributed by atoms with E-state index in [9.17, 15) is 9.59 Å². The SMILES string of the molecule is Cc1cc(I)cc(NC(=O)NCCCC(=O)O)c1. The van der Waals surface area contributed by atoms with Crippen molar-refractivity contribution in [3.8, 4) is 0 Å². The lowest BCUT2D eigenvalue weighted by Crippen LogP contribution is -2.29. The van der Waals surface area contributed by atoms with E-state index in [4.69, 9.17) is 5.11 Å². The lowest BCUT2D eigenvalue weighted by Gasteiger charge is -2.08. The van der Waals surface area contributed by atoms with Crippen molar-refractivity contribution in [2.75, 3.05) is 11.9 Å². The van der Waals surface area contributed by atoms with Gasteiger partial charge >= 0.3 is 12.0 Å². The second-order valence-corrected chi connectivity index (χ2v) is 5.14. The van der Waals surface area contributed by atoms with E-state index in [1.165, 1.54) is 0 Å². The summed E-state index contributed by atoms with van der Waals surface area (Å²) >= 11 is 2.18. The molecule has 18 heavy (non-hydrogen) atoms. The number of hydrogen-bond donors (Lipinski definition) is 3. The van der Waals surface area contributed by atoms with Crippen molar-refractivity contribution < 1.29 is 14.7 Å². The van der Waals surface area contributed by atoms with Crippen molar-refractivity contribution in [3.05, 3.63) is 27.3 Å². The van der Waals surface area contributed by atoms with E-state index >= 15 is 0 Å². The molecule has 6 heteroatoms. The third kappa shape index (κ3) is 5.85. The Morgan fingerprint density at radius 1 is 1.33 bits per heavy atom. The first kappa shape index (κ1) is 14.7. The minimum Gasteiger partial charge on any atom is -0.481 e. The maximum absolute atomic E-state index is 11.5. The molecule has 0 fully saturated rings. The van der Waals surface area contributed by atoms with Gasteiger partial charge in [0, 0.05) is 22.2 Å². The Morgan fingerprint density at radius 2 is 2.06 bits per heavy atom. The monoisotopic (exact) mass is 362 g/mol. The number of carbonyl (C=O) groups excluding carboxylic acids is 1. The number of rotatable bonds is 5. The second-order valence-electron chi connectivity index (χ2n) is 3.90. The minimum atomic E-state index is -0.856. The lowest BCUT2D eigenvalue weighted by molar-refractivity contribution is -0.137. The Balaban J connectivity index is 2.37. The predicted molar refractivity (Wildman–Crippen MR) is 77.8 cm³/mol. The zero-order chi connectivity index (χ0) is 13.5. The van der Waals surface area contributed by atoms with Gasteiger partial charge < -0.3 is 15.7 Å². The van der Waals surface area contributed by atoms with Crippen LogP contribution in [0.15, 0.2) is 18.2 Å². The number of nitrogens with one attached hydrogen (secondary N) is 2. The largest absolute Gasteiger partial charge is 0.481 e. The zero-order valence-electron chi connectivity index (χ0n) is 10.00. The molecule has 0 saturated carbocycles. The van der Waals surface area contributed by atoms with E-state index in [0.29, 0.717) is 13.0 Å². The molecular formula is C12H15IN2O3. The summed E-state index contributed by atoms with van der Waals surface area (Å²) in [6, 6.07) is 5.43. The van der Waals surface area contributed by atoms with Gasteiger partial charge in [-0.3, -0.25) is 4.79 Å². The van der Waals surface area contributed by atoms with E-state index < -0.39 is 5.97 Å². The first-order chi connectivity index (χ1) is 8.47. The number of aryl methyl sites for hydroxylation is 1. The van der Waals surface area contributed by atoms with Crippen LogP contribution >= 0.6 is 22.6 Å². The fraction of sp³-hybridized carbons (Fsp3) is 0.333. The van der Waals surface area contributed by atoms with Crippen molar-refractivity contribution in [2.24, 2.45) is 0 Å². The Bertz CT molecular complexity index is 429. The number of carbonyl (C=O) groups is 2. The van der Waals surface area contributed by atoms with Gasteiger partial charge in [-0.2, -0.15) is 0 Å². The second kappa shape index (κ2) is 7.20. The average Bonchev–Trinajstić information content (AvgIpc) is 2.22. The molecule has 3 N–H and O–H groups in total. The quantitative estimate of drug-likeness (QED) is 0.557. The molecular weight excluding hydrogens is 347 g/mol. The Morgan fingerprint density at radius 3 is 2.67 bits per heavy atom. The van der Waals surface area contributed by atoms with E-state index in [-0.39, 0.29) is 12.5 Å². The van der Waals surface area contributed by atoms with Crippen LogP contribution in [0.1, 0.15) is 18.4 Å². The summed E-state index contributed by atoms with van der Waals surface area (Å²) in [5.41, 5.74) is 1.80. The Hall–Kier alpha value is -1.31. The first-order valence-electron chi connectivity index (χ1n) is 5.51. The predicted octanol–water partition coefficient (Wildman–Crippen LogP) is 2.59. The Labute approximate surface area is 119 Å². The van der Waals surface area contributed by atoms with Gasteiger partial charge in [0.2, 0.25) is 0 Å².